The molecular formula is C13H16N2O3S. The van der Waals surface area contributed by atoms with Crippen LogP contribution in [0.3, 0.4) is 0 Å². The van der Waals surface area contributed by atoms with Gasteiger partial charge in [0.15, 0.2) is 0 Å². The van der Waals surface area contributed by atoms with Crippen molar-refractivity contribution in [3.05, 3.63) is 29.8 Å². The topological polar surface area (TPSA) is 66.5 Å². The first-order chi connectivity index (χ1) is 9.06. The molecule has 2 aliphatic rings. The number of sulfonamides is 1. The van der Waals surface area contributed by atoms with E-state index in [1.54, 1.807) is 17.0 Å². The van der Waals surface area contributed by atoms with Gasteiger partial charge in [-0.15, -0.1) is 0 Å². The lowest BCUT2D eigenvalue weighted by atomic mass is 10.1. The molecule has 0 atom stereocenters. The summed E-state index contributed by atoms with van der Waals surface area (Å²) in [5, 5.41) is 0. The first-order valence-electron chi connectivity index (χ1n) is 6.48. The molecule has 1 aliphatic heterocycles. The minimum absolute atomic E-state index is 0.0228. The zero-order chi connectivity index (χ0) is 13.5. The Labute approximate surface area is 112 Å². The van der Waals surface area contributed by atoms with E-state index in [2.05, 4.69) is 4.72 Å². The summed E-state index contributed by atoms with van der Waals surface area (Å²) in [4.78, 5) is 13.9. The van der Waals surface area contributed by atoms with Crippen molar-refractivity contribution in [3.8, 4) is 0 Å². The van der Waals surface area contributed by atoms with Gasteiger partial charge in [0.1, 0.15) is 0 Å². The van der Waals surface area contributed by atoms with Crippen LogP contribution in [0, 0.1) is 0 Å². The molecule has 1 saturated carbocycles. The van der Waals surface area contributed by atoms with E-state index in [4.69, 9.17) is 0 Å². The predicted octanol–water partition coefficient (Wildman–Crippen LogP) is 0.973. The Morgan fingerprint density at radius 2 is 1.79 bits per heavy atom. The third kappa shape index (κ3) is 2.64. The van der Waals surface area contributed by atoms with Gasteiger partial charge < -0.3 is 4.90 Å². The van der Waals surface area contributed by atoms with Gasteiger partial charge in [-0.2, -0.15) is 0 Å². The largest absolute Gasteiger partial charge is 0.339 e. The summed E-state index contributed by atoms with van der Waals surface area (Å²) in [6.45, 7) is 1.59. The molecular weight excluding hydrogens is 264 g/mol. The van der Waals surface area contributed by atoms with Gasteiger partial charge in [-0.3, -0.25) is 4.79 Å². The molecule has 1 aliphatic carbocycles. The maximum atomic E-state index is 12.0. The highest BCUT2D eigenvalue weighted by atomic mass is 32.2. The number of rotatable bonds is 4. The molecule has 0 radical (unpaired) electrons. The summed E-state index contributed by atoms with van der Waals surface area (Å²) in [6, 6.07) is 6.26. The third-order valence-corrected chi connectivity index (χ3v) is 4.99. The molecule has 1 N–H and O–H groups in total. The maximum absolute atomic E-state index is 12.0. The van der Waals surface area contributed by atoms with Gasteiger partial charge in [-0.05, 0) is 43.5 Å². The minimum atomic E-state index is -3.43. The van der Waals surface area contributed by atoms with E-state index in [-0.39, 0.29) is 16.8 Å². The molecule has 1 aromatic rings. The fourth-order valence-electron chi connectivity index (χ4n) is 1.97. The molecule has 0 bridgehead atoms. The van der Waals surface area contributed by atoms with E-state index in [0.717, 1.165) is 32.4 Å². The average molecular weight is 280 g/mol. The second-order valence-corrected chi connectivity index (χ2v) is 6.78. The number of nitrogens with zero attached hydrogens (tertiary/aromatic N) is 1. The Kier molecular flexibility index (Phi) is 3.06. The van der Waals surface area contributed by atoms with Crippen LogP contribution in [-0.4, -0.2) is 38.4 Å². The number of carbonyl (C=O) groups excluding carboxylic acids is 1. The minimum Gasteiger partial charge on any atom is -0.339 e. The van der Waals surface area contributed by atoms with Crippen molar-refractivity contribution in [2.75, 3.05) is 13.1 Å². The molecule has 5 nitrogen and oxygen atoms in total. The second-order valence-electron chi connectivity index (χ2n) is 5.07. The van der Waals surface area contributed by atoms with Gasteiger partial charge >= 0.3 is 0 Å². The first kappa shape index (κ1) is 12.6. The summed E-state index contributed by atoms with van der Waals surface area (Å²) in [5.41, 5.74) is 0.546. The monoisotopic (exact) mass is 280 g/mol. The molecule has 0 unspecified atom stereocenters. The highest BCUT2D eigenvalue weighted by Gasteiger charge is 2.28. The van der Waals surface area contributed by atoms with E-state index in [1.807, 2.05) is 0 Å². The van der Waals surface area contributed by atoms with E-state index in [1.165, 1.54) is 12.1 Å². The van der Waals surface area contributed by atoms with Gasteiger partial charge in [0.2, 0.25) is 10.0 Å². The summed E-state index contributed by atoms with van der Waals surface area (Å²) in [6.07, 6.45) is 2.86. The molecule has 0 aromatic heterocycles. The molecule has 3 rings (SSSR count). The molecule has 2 fully saturated rings. The van der Waals surface area contributed by atoms with Crippen LogP contribution >= 0.6 is 0 Å². The van der Waals surface area contributed by atoms with Crippen molar-refractivity contribution in [1.29, 1.82) is 0 Å². The second kappa shape index (κ2) is 4.61. The van der Waals surface area contributed by atoms with Crippen LogP contribution in [0.4, 0.5) is 0 Å². The van der Waals surface area contributed by atoms with Gasteiger partial charge in [0, 0.05) is 24.7 Å². The SMILES string of the molecule is O=C(c1ccc(S(=O)(=O)NC2CC2)cc1)N1CCC1. The lowest BCUT2D eigenvalue weighted by molar-refractivity contribution is 0.0651. The molecule has 1 amide bonds. The van der Waals surface area contributed by atoms with Crippen LogP contribution in [0.1, 0.15) is 29.6 Å². The number of amides is 1. The van der Waals surface area contributed by atoms with Crippen LogP contribution in [0.15, 0.2) is 29.2 Å². The van der Waals surface area contributed by atoms with Crippen LogP contribution < -0.4 is 4.72 Å². The number of hydrogen-bond acceptors (Lipinski definition) is 3. The number of nitrogens with one attached hydrogen (secondary N) is 1. The van der Waals surface area contributed by atoms with Crippen molar-refractivity contribution in [2.45, 2.75) is 30.2 Å². The molecule has 1 heterocycles. The van der Waals surface area contributed by atoms with Gasteiger partial charge in [0.05, 0.1) is 4.90 Å². The van der Waals surface area contributed by atoms with Crippen molar-refractivity contribution >= 4 is 15.9 Å². The van der Waals surface area contributed by atoms with Crippen LogP contribution in [0.5, 0.6) is 0 Å². The van der Waals surface area contributed by atoms with Crippen molar-refractivity contribution in [1.82, 2.24) is 9.62 Å². The van der Waals surface area contributed by atoms with Crippen LogP contribution in [-0.2, 0) is 10.0 Å². The van der Waals surface area contributed by atoms with Crippen molar-refractivity contribution < 1.29 is 13.2 Å². The summed E-state index contributed by atoms with van der Waals surface area (Å²) < 4.78 is 26.5. The molecule has 0 spiro atoms. The maximum Gasteiger partial charge on any atom is 0.253 e. The highest BCUT2D eigenvalue weighted by Crippen LogP contribution is 2.22. The van der Waals surface area contributed by atoms with Crippen LogP contribution in [0.25, 0.3) is 0 Å². The Morgan fingerprint density at radius 1 is 1.16 bits per heavy atom. The Bertz CT molecular complexity index is 587. The van der Waals surface area contributed by atoms with Crippen LogP contribution in [0.2, 0.25) is 0 Å². The van der Waals surface area contributed by atoms with E-state index < -0.39 is 10.0 Å². The van der Waals surface area contributed by atoms with E-state index in [9.17, 15) is 13.2 Å². The summed E-state index contributed by atoms with van der Waals surface area (Å²) in [5.74, 6) is -0.0228. The third-order valence-electron chi connectivity index (χ3n) is 3.45. The van der Waals surface area contributed by atoms with Gasteiger partial charge in [-0.25, -0.2) is 13.1 Å². The Morgan fingerprint density at radius 3 is 2.26 bits per heavy atom. The standard InChI is InChI=1S/C13H16N2O3S/c16-13(15-8-1-9-15)10-2-6-12(7-3-10)19(17,18)14-11-4-5-11/h2-3,6-7,11,14H,1,4-5,8-9H2. The van der Waals surface area contributed by atoms with E-state index >= 15 is 0 Å². The normalized spacial score (nSPS) is 19.1. The number of carbonyl (C=O) groups is 1. The van der Waals surface area contributed by atoms with Gasteiger partial charge in [0.25, 0.3) is 5.91 Å². The van der Waals surface area contributed by atoms with Crippen molar-refractivity contribution in [2.24, 2.45) is 0 Å². The number of benzene rings is 1. The predicted molar refractivity (Wildman–Crippen MR) is 70.3 cm³/mol. The zero-order valence-electron chi connectivity index (χ0n) is 10.5. The zero-order valence-corrected chi connectivity index (χ0v) is 11.3. The molecule has 1 aromatic carbocycles. The highest BCUT2D eigenvalue weighted by molar-refractivity contribution is 7.89. The average Bonchev–Trinajstić information content (AvgIpc) is 3.10. The number of hydrogen-bond donors (Lipinski definition) is 1. The molecule has 102 valence electrons. The molecule has 1 saturated heterocycles. The lowest BCUT2D eigenvalue weighted by Crippen LogP contribution is -2.42. The molecule has 6 heteroatoms. The molecule has 19 heavy (non-hydrogen) atoms. The fraction of sp³-hybridized carbons (Fsp3) is 0.462. The van der Waals surface area contributed by atoms with Crippen molar-refractivity contribution in [3.63, 3.8) is 0 Å². The van der Waals surface area contributed by atoms with E-state index in [0.29, 0.717) is 5.56 Å². The van der Waals surface area contributed by atoms with Gasteiger partial charge in [-0.1, -0.05) is 0 Å². The lowest BCUT2D eigenvalue weighted by Gasteiger charge is -2.30. The summed E-state index contributed by atoms with van der Waals surface area (Å²) in [7, 11) is -3.43. The Hall–Kier alpha value is -1.40. The Balaban J connectivity index is 1.76. The quantitative estimate of drug-likeness (QED) is 0.894. The fourth-order valence-corrected chi connectivity index (χ4v) is 3.27. The summed E-state index contributed by atoms with van der Waals surface area (Å²) >= 11 is 0. The smallest absolute Gasteiger partial charge is 0.253 e. The first-order valence-corrected chi connectivity index (χ1v) is 7.96. The number of likely N-dealkylation sites (tertiary alicyclic amines) is 1.